The summed E-state index contributed by atoms with van der Waals surface area (Å²) in [6.07, 6.45) is -0.0101. The van der Waals surface area contributed by atoms with E-state index in [-0.39, 0.29) is 12.0 Å². The minimum Gasteiger partial charge on any atom is -0.426 e. The van der Waals surface area contributed by atoms with Crippen LogP contribution in [-0.4, -0.2) is 5.97 Å². The highest BCUT2D eigenvalue weighted by molar-refractivity contribution is 5.75. The van der Waals surface area contributed by atoms with Crippen LogP contribution in [0, 0.1) is 17.1 Å². The van der Waals surface area contributed by atoms with Gasteiger partial charge in [-0.15, -0.1) is 0 Å². The molecule has 0 aliphatic carbocycles. The normalized spacial score (nSPS) is 9.68. The molecule has 0 radical (unpaired) electrons. The number of hydrogen-bond donors (Lipinski definition) is 0. The number of hydrogen-bond acceptors (Lipinski definition) is 3. The van der Waals surface area contributed by atoms with Gasteiger partial charge in [0, 0.05) is 0 Å². The molecular formula is C15H10FNO2. The Bertz CT molecular complexity index is 632. The smallest absolute Gasteiger partial charge is 0.315 e. The van der Waals surface area contributed by atoms with Gasteiger partial charge >= 0.3 is 5.97 Å². The minimum absolute atomic E-state index is 0.0101. The van der Waals surface area contributed by atoms with E-state index in [4.69, 9.17) is 10.00 Å². The monoisotopic (exact) mass is 255 g/mol. The first-order chi connectivity index (χ1) is 9.19. The van der Waals surface area contributed by atoms with Gasteiger partial charge in [-0.05, 0) is 29.8 Å². The molecule has 0 aliphatic heterocycles. The van der Waals surface area contributed by atoms with Crippen LogP contribution in [0.3, 0.4) is 0 Å². The minimum atomic E-state index is -0.595. The highest BCUT2D eigenvalue weighted by atomic mass is 19.1. The van der Waals surface area contributed by atoms with Crippen molar-refractivity contribution in [3.05, 3.63) is 65.5 Å². The van der Waals surface area contributed by atoms with E-state index >= 15 is 0 Å². The summed E-state index contributed by atoms with van der Waals surface area (Å²) in [5.74, 6) is -0.598. The molecule has 2 aromatic rings. The fraction of sp³-hybridized carbons (Fsp3) is 0.0667. The third-order valence-corrected chi connectivity index (χ3v) is 2.47. The van der Waals surface area contributed by atoms with Crippen molar-refractivity contribution in [1.82, 2.24) is 0 Å². The number of benzene rings is 2. The van der Waals surface area contributed by atoms with E-state index in [2.05, 4.69) is 0 Å². The third kappa shape index (κ3) is 3.39. The summed E-state index contributed by atoms with van der Waals surface area (Å²) in [6.45, 7) is 0. The van der Waals surface area contributed by atoms with Crippen molar-refractivity contribution in [2.45, 2.75) is 6.42 Å². The molecule has 4 heteroatoms. The summed E-state index contributed by atoms with van der Waals surface area (Å²) in [4.78, 5) is 11.7. The summed E-state index contributed by atoms with van der Waals surface area (Å²) in [7, 11) is 0. The Morgan fingerprint density at radius 1 is 1.21 bits per heavy atom. The predicted octanol–water partition coefficient (Wildman–Crippen LogP) is 2.85. The van der Waals surface area contributed by atoms with Crippen LogP contribution in [0.4, 0.5) is 4.39 Å². The summed E-state index contributed by atoms with van der Waals surface area (Å²) in [6, 6.07) is 14.4. The third-order valence-electron chi connectivity index (χ3n) is 2.47. The van der Waals surface area contributed by atoms with Gasteiger partial charge in [0.2, 0.25) is 0 Å². The van der Waals surface area contributed by atoms with E-state index in [0.717, 1.165) is 0 Å². The molecule has 0 atom stereocenters. The molecule has 3 nitrogen and oxygen atoms in total. The molecule has 0 N–H and O–H groups in total. The van der Waals surface area contributed by atoms with Gasteiger partial charge in [0.05, 0.1) is 12.0 Å². The second-order valence-electron chi connectivity index (χ2n) is 3.89. The molecule has 0 spiro atoms. The quantitative estimate of drug-likeness (QED) is 0.626. The van der Waals surface area contributed by atoms with E-state index in [0.29, 0.717) is 11.3 Å². The lowest BCUT2D eigenvalue weighted by atomic mass is 10.1. The zero-order valence-electron chi connectivity index (χ0n) is 9.97. The van der Waals surface area contributed by atoms with Crippen LogP contribution in [0.2, 0.25) is 0 Å². The van der Waals surface area contributed by atoms with Gasteiger partial charge in [0.1, 0.15) is 17.6 Å². The van der Waals surface area contributed by atoms with Crippen molar-refractivity contribution in [2.75, 3.05) is 0 Å². The molecule has 0 unspecified atom stereocenters. The maximum Gasteiger partial charge on any atom is 0.315 e. The highest BCUT2D eigenvalue weighted by Gasteiger charge is 2.09. The Kier molecular flexibility index (Phi) is 3.89. The molecule has 0 amide bonds. The zero-order chi connectivity index (χ0) is 13.7. The second-order valence-corrected chi connectivity index (χ2v) is 3.89. The number of rotatable bonds is 3. The number of para-hydroxylation sites is 1. The fourth-order valence-corrected chi connectivity index (χ4v) is 1.59. The highest BCUT2D eigenvalue weighted by Crippen LogP contribution is 2.13. The van der Waals surface area contributed by atoms with Crippen LogP contribution < -0.4 is 4.74 Å². The summed E-state index contributed by atoms with van der Waals surface area (Å²) < 4.78 is 18.2. The fourth-order valence-electron chi connectivity index (χ4n) is 1.59. The van der Waals surface area contributed by atoms with Crippen molar-refractivity contribution in [3.8, 4) is 11.8 Å². The van der Waals surface area contributed by atoms with Gasteiger partial charge < -0.3 is 4.74 Å². The summed E-state index contributed by atoms with van der Waals surface area (Å²) >= 11 is 0. The van der Waals surface area contributed by atoms with Crippen LogP contribution >= 0.6 is 0 Å². The number of nitriles is 1. The number of carbonyl (C=O) groups excluding carboxylic acids is 1. The second kappa shape index (κ2) is 5.78. The van der Waals surface area contributed by atoms with Crippen LogP contribution in [-0.2, 0) is 11.2 Å². The lowest BCUT2D eigenvalue weighted by Crippen LogP contribution is -2.11. The first-order valence-corrected chi connectivity index (χ1v) is 5.63. The Hall–Kier alpha value is -2.67. The van der Waals surface area contributed by atoms with Crippen LogP contribution in [0.15, 0.2) is 48.5 Å². The van der Waals surface area contributed by atoms with E-state index in [1.54, 1.807) is 30.3 Å². The Labute approximate surface area is 109 Å². The van der Waals surface area contributed by atoms with Gasteiger partial charge in [0.15, 0.2) is 0 Å². The average Bonchev–Trinajstić information content (AvgIpc) is 2.42. The Morgan fingerprint density at radius 3 is 2.63 bits per heavy atom. The maximum atomic E-state index is 13.1. The van der Waals surface area contributed by atoms with Crippen LogP contribution in [0.1, 0.15) is 11.1 Å². The van der Waals surface area contributed by atoms with Crippen molar-refractivity contribution >= 4 is 5.97 Å². The molecule has 2 rings (SSSR count). The summed E-state index contributed by atoms with van der Waals surface area (Å²) in [5, 5.41) is 8.71. The SMILES string of the molecule is N#Cc1cc(CC(=O)Oc2ccccc2)ccc1F. The topological polar surface area (TPSA) is 50.1 Å². The van der Waals surface area contributed by atoms with Gasteiger partial charge in [-0.25, -0.2) is 4.39 Å². The first-order valence-electron chi connectivity index (χ1n) is 5.63. The molecule has 0 aliphatic rings. The van der Waals surface area contributed by atoms with E-state index < -0.39 is 11.8 Å². The van der Waals surface area contributed by atoms with Gasteiger partial charge in [-0.3, -0.25) is 4.79 Å². The molecule has 0 aromatic heterocycles. The number of esters is 1. The largest absolute Gasteiger partial charge is 0.426 e. The van der Waals surface area contributed by atoms with Gasteiger partial charge in [-0.1, -0.05) is 24.3 Å². The first kappa shape index (κ1) is 12.8. The predicted molar refractivity (Wildman–Crippen MR) is 66.9 cm³/mol. The van der Waals surface area contributed by atoms with Gasteiger partial charge in [0.25, 0.3) is 0 Å². The number of halogens is 1. The zero-order valence-corrected chi connectivity index (χ0v) is 9.97. The molecule has 0 bridgehead atoms. The Balaban J connectivity index is 2.06. The standard InChI is InChI=1S/C15H10FNO2/c16-14-7-6-11(8-12(14)10-17)9-15(18)19-13-4-2-1-3-5-13/h1-8H,9H2. The van der Waals surface area contributed by atoms with Crippen LogP contribution in [0.25, 0.3) is 0 Å². The van der Waals surface area contributed by atoms with Crippen molar-refractivity contribution in [1.29, 1.82) is 5.26 Å². The molecule has 19 heavy (non-hydrogen) atoms. The molecule has 0 fully saturated rings. The Morgan fingerprint density at radius 2 is 1.95 bits per heavy atom. The van der Waals surface area contributed by atoms with E-state index in [9.17, 15) is 9.18 Å². The average molecular weight is 255 g/mol. The lowest BCUT2D eigenvalue weighted by Gasteiger charge is -2.04. The molecule has 0 saturated heterocycles. The summed E-state index contributed by atoms with van der Waals surface area (Å²) in [5.41, 5.74) is 0.462. The number of ether oxygens (including phenoxy) is 1. The molecule has 0 saturated carbocycles. The molecule has 2 aromatic carbocycles. The van der Waals surface area contributed by atoms with Crippen molar-refractivity contribution in [3.63, 3.8) is 0 Å². The number of nitrogens with zero attached hydrogens (tertiary/aromatic N) is 1. The van der Waals surface area contributed by atoms with Crippen LogP contribution in [0.5, 0.6) is 5.75 Å². The van der Waals surface area contributed by atoms with E-state index in [1.807, 2.05) is 6.07 Å². The number of carbonyl (C=O) groups is 1. The van der Waals surface area contributed by atoms with Crippen molar-refractivity contribution < 1.29 is 13.9 Å². The molecular weight excluding hydrogens is 245 g/mol. The lowest BCUT2D eigenvalue weighted by molar-refractivity contribution is -0.133. The van der Waals surface area contributed by atoms with E-state index in [1.165, 1.54) is 18.2 Å². The molecule has 0 heterocycles. The molecule has 94 valence electrons. The maximum absolute atomic E-state index is 13.1. The van der Waals surface area contributed by atoms with Gasteiger partial charge in [-0.2, -0.15) is 5.26 Å². The van der Waals surface area contributed by atoms with Crippen molar-refractivity contribution in [2.24, 2.45) is 0 Å².